The van der Waals surface area contributed by atoms with Gasteiger partial charge in [0.1, 0.15) is 6.33 Å². The molecule has 0 N–H and O–H groups in total. The monoisotopic (exact) mass is 220 g/mol. The first-order valence-electron chi connectivity index (χ1n) is 5.09. The fourth-order valence-corrected chi connectivity index (χ4v) is 1.69. The van der Waals surface area contributed by atoms with Gasteiger partial charge in [-0.15, -0.1) is 6.42 Å². The fraction of sp³-hybridized carbons (Fsp3) is 0. The first-order chi connectivity index (χ1) is 8.38. The van der Waals surface area contributed by atoms with Gasteiger partial charge in [-0.3, -0.25) is 0 Å². The summed E-state index contributed by atoms with van der Waals surface area (Å²) < 4.78 is 1.75. The van der Waals surface area contributed by atoms with Crippen molar-refractivity contribution in [2.75, 3.05) is 0 Å². The molecule has 0 aliphatic carbocycles. The van der Waals surface area contributed by atoms with E-state index in [9.17, 15) is 0 Å². The van der Waals surface area contributed by atoms with Crippen LogP contribution in [0.1, 0.15) is 5.56 Å². The highest BCUT2D eigenvalue weighted by atomic mass is 15.3. The summed E-state index contributed by atoms with van der Waals surface area (Å²) >= 11 is 0. The van der Waals surface area contributed by atoms with Crippen LogP contribution in [-0.4, -0.2) is 19.7 Å². The Bertz CT molecular complexity index is 721. The second-order valence-corrected chi connectivity index (χ2v) is 3.55. The fourth-order valence-electron chi connectivity index (χ4n) is 1.69. The van der Waals surface area contributed by atoms with Gasteiger partial charge in [-0.1, -0.05) is 12.0 Å². The normalized spacial score (nSPS) is 10.3. The zero-order chi connectivity index (χ0) is 11.7. The van der Waals surface area contributed by atoms with Gasteiger partial charge in [-0.2, -0.15) is 5.10 Å². The Morgan fingerprint density at radius 2 is 2.18 bits per heavy atom. The molecule has 0 amide bonds. The van der Waals surface area contributed by atoms with Crippen LogP contribution in [0.3, 0.4) is 0 Å². The number of rotatable bonds is 1. The zero-order valence-corrected chi connectivity index (χ0v) is 8.91. The van der Waals surface area contributed by atoms with E-state index in [0.717, 1.165) is 22.3 Å². The Kier molecular flexibility index (Phi) is 2.09. The Morgan fingerprint density at radius 3 is 3.06 bits per heavy atom. The highest BCUT2D eigenvalue weighted by Crippen LogP contribution is 2.15. The number of fused-ring (bicyclic) bond motifs is 1. The van der Waals surface area contributed by atoms with Gasteiger partial charge in [0.15, 0.2) is 5.65 Å². The lowest BCUT2D eigenvalue weighted by Gasteiger charge is -2.02. The summed E-state index contributed by atoms with van der Waals surface area (Å²) in [4.78, 5) is 8.17. The van der Waals surface area contributed by atoms with E-state index in [2.05, 4.69) is 21.0 Å². The molecule has 0 aliphatic heterocycles. The molecule has 0 atom stereocenters. The van der Waals surface area contributed by atoms with Crippen LogP contribution < -0.4 is 0 Å². The molecular formula is C13H8N4. The molecule has 17 heavy (non-hydrogen) atoms. The van der Waals surface area contributed by atoms with E-state index < -0.39 is 0 Å². The Hall–Kier alpha value is -2.67. The molecule has 3 rings (SSSR count). The van der Waals surface area contributed by atoms with Crippen molar-refractivity contribution in [1.82, 2.24) is 19.7 Å². The van der Waals surface area contributed by atoms with Gasteiger partial charge in [0.2, 0.25) is 0 Å². The molecular weight excluding hydrogens is 212 g/mol. The highest BCUT2D eigenvalue weighted by molar-refractivity contribution is 5.74. The van der Waals surface area contributed by atoms with Crippen molar-refractivity contribution in [2.45, 2.75) is 0 Å². The van der Waals surface area contributed by atoms with Crippen LogP contribution in [0.2, 0.25) is 0 Å². The number of terminal acetylenes is 1. The molecule has 0 bridgehead atoms. The molecule has 0 saturated heterocycles. The Morgan fingerprint density at radius 1 is 1.24 bits per heavy atom. The van der Waals surface area contributed by atoms with Gasteiger partial charge in [0, 0.05) is 11.8 Å². The van der Waals surface area contributed by atoms with Crippen molar-refractivity contribution in [3.8, 4) is 18.0 Å². The van der Waals surface area contributed by atoms with E-state index in [-0.39, 0.29) is 0 Å². The highest BCUT2D eigenvalue weighted by Gasteiger charge is 2.05. The zero-order valence-electron chi connectivity index (χ0n) is 8.91. The largest absolute Gasteiger partial charge is 0.244 e. The summed E-state index contributed by atoms with van der Waals surface area (Å²) in [7, 11) is 0. The first-order valence-corrected chi connectivity index (χ1v) is 5.09. The molecule has 4 heteroatoms. The van der Waals surface area contributed by atoms with Crippen molar-refractivity contribution in [2.24, 2.45) is 0 Å². The average Bonchev–Trinajstić information content (AvgIpc) is 2.82. The second-order valence-electron chi connectivity index (χ2n) is 3.55. The summed E-state index contributed by atoms with van der Waals surface area (Å²) in [5.41, 5.74) is 2.49. The van der Waals surface area contributed by atoms with Crippen LogP contribution in [0.25, 0.3) is 16.7 Å². The second kappa shape index (κ2) is 3.72. The summed E-state index contributed by atoms with van der Waals surface area (Å²) in [6, 6.07) is 7.62. The third-order valence-corrected chi connectivity index (χ3v) is 2.49. The number of hydrogen-bond acceptors (Lipinski definition) is 3. The lowest BCUT2D eigenvalue weighted by molar-refractivity contribution is 0.894. The molecule has 0 spiro atoms. The molecule has 80 valence electrons. The lowest BCUT2D eigenvalue weighted by atomic mass is 10.2. The van der Waals surface area contributed by atoms with Crippen LogP contribution in [-0.2, 0) is 0 Å². The molecule has 0 saturated carbocycles. The van der Waals surface area contributed by atoms with E-state index >= 15 is 0 Å². The van der Waals surface area contributed by atoms with Gasteiger partial charge in [-0.05, 0) is 18.2 Å². The van der Waals surface area contributed by atoms with Gasteiger partial charge in [-0.25, -0.2) is 14.6 Å². The molecule has 0 radical (unpaired) electrons. The number of aromatic nitrogens is 4. The maximum Gasteiger partial charge on any atom is 0.166 e. The predicted octanol–water partition coefficient (Wildman–Crippen LogP) is 1.80. The maximum atomic E-state index is 5.38. The third kappa shape index (κ3) is 1.54. The molecule has 1 aromatic carbocycles. The summed E-state index contributed by atoms with van der Waals surface area (Å²) in [5.74, 6) is 2.60. The molecule has 0 aliphatic rings. The van der Waals surface area contributed by atoms with E-state index in [1.54, 1.807) is 17.1 Å². The predicted molar refractivity (Wildman–Crippen MR) is 64.6 cm³/mol. The lowest BCUT2D eigenvalue weighted by Crippen LogP contribution is -1.97. The minimum absolute atomic E-state index is 0.772. The van der Waals surface area contributed by atoms with E-state index in [4.69, 9.17) is 6.42 Å². The van der Waals surface area contributed by atoms with Crippen LogP contribution >= 0.6 is 0 Å². The van der Waals surface area contributed by atoms with Crippen molar-refractivity contribution in [3.63, 3.8) is 0 Å². The van der Waals surface area contributed by atoms with Crippen LogP contribution in [0.15, 0.2) is 43.0 Å². The quantitative estimate of drug-likeness (QED) is 0.587. The number of hydrogen-bond donors (Lipinski definition) is 0. The van der Waals surface area contributed by atoms with Crippen molar-refractivity contribution in [1.29, 1.82) is 0 Å². The van der Waals surface area contributed by atoms with Gasteiger partial charge in [0.25, 0.3) is 0 Å². The molecule has 0 unspecified atom stereocenters. The van der Waals surface area contributed by atoms with Crippen LogP contribution in [0.4, 0.5) is 0 Å². The minimum atomic E-state index is 0.772. The molecule has 4 nitrogen and oxygen atoms in total. The van der Waals surface area contributed by atoms with E-state index in [1.165, 1.54) is 6.33 Å². The number of benzene rings is 1. The maximum absolute atomic E-state index is 5.38. The van der Waals surface area contributed by atoms with Gasteiger partial charge < -0.3 is 0 Å². The van der Waals surface area contributed by atoms with Crippen molar-refractivity contribution < 1.29 is 0 Å². The van der Waals surface area contributed by atoms with E-state index in [0.29, 0.717) is 0 Å². The standard InChI is InChI=1S/C13H8N4/c1-2-10-4-3-5-12(6-10)17-13-11(8-16-17)7-14-9-15-13/h1,3-9H. The van der Waals surface area contributed by atoms with Crippen molar-refractivity contribution >= 4 is 11.0 Å². The van der Waals surface area contributed by atoms with Crippen molar-refractivity contribution in [3.05, 3.63) is 48.5 Å². The third-order valence-electron chi connectivity index (χ3n) is 2.49. The minimum Gasteiger partial charge on any atom is -0.244 e. The average molecular weight is 220 g/mol. The molecule has 3 aromatic rings. The first kappa shape index (κ1) is 9.55. The van der Waals surface area contributed by atoms with Crippen LogP contribution in [0, 0.1) is 12.3 Å². The molecule has 0 fully saturated rings. The summed E-state index contributed by atoms with van der Waals surface area (Å²) in [6.45, 7) is 0. The Labute approximate surface area is 97.9 Å². The summed E-state index contributed by atoms with van der Waals surface area (Å²) in [6.07, 6.45) is 10.4. The smallest absolute Gasteiger partial charge is 0.166 e. The van der Waals surface area contributed by atoms with Gasteiger partial charge in [0.05, 0.1) is 17.3 Å². The molecule has 2 heterocycles. The van der Waals surface area contributed by atoms with Crippen LogP contribution in [0.5, 0.6) is 0 Å². The Balaban J connectivity index is 2.24. The topological polar surface area (TPSA) is 43.6 Å². The summed E-state index contributed by atoms with van der Waals surface area (Å²) in [5, 5.41) is 5.19. The number of nitrogens with zero attached hydrogens (tertiary/aromatic N) is 4. The van der Waals surface area contributed by atoms with E-state index in [1.807, 2.05) is 24.3 Å². The van der Waals surface area contributed by atoms with Gasteiger partial charge >= 0.3 is 0 Å². The molecule has 2 aromatic heterocycles. The SMILES string of the molecule is C#Cc1cccc(-n2ncc3cncnc32)c1.